The number of aromatic amines is 1. The van der Waals surface area contributed by atoms with E-state index >= 15 is 0 Å². The molecule has 0 radical (unpaired) electrons. The van der Waals surface area contributed by atoms with E-state index in [1.54, 1.807) is 30.3 Å². The van der Waals surface area contributed by atoms with E-state index in [1.165, 1.54) is 34.1 Å². The molecule has 2 aliphatic rings. The van der Waals surface area contributed by atoms with E-state index in [-0.39, 0.29) is 32.4 Å². The third-order valence-corrected chi connectivity index (χ3v) is 10.5. The highest BCUT2D eigenvalue weighted by atomic mass is 32.2. The van der Waals surface area contributed by atoms with E-state index in [9.17, 15) is 48.6 Å². The number of likely N-dealkylation sites (tertiary alicyclic amines) is 2. The first-order chi connectivity index (χ1) is 27.3. The molecule has 3 heterocycles. The van der Waals surface area contributed by atoms with Crippen molar-refractivity contribution in [2.24, 2.45) is 5.73 Å². The average molecular weight is 814 g/mol. The molecule has 0 spiro atoms. The molecule has 1 aromatic carbocycles. The van der Waals surface area contributed by atoms with Crippen LogP contribution in [0.3, 0.4) is 0 Å². The van der Waals surface area contributed by atoms with Gasteiger partial charge in [-0.1, -0.05) is 30.3 Å². The van der Waals surface area contributed by atoms with Crippen LogP contribution in [0.25, 0.3) is 0 Å². The lowest BCUT2D eigenvalue weighted by molar-refractivity contribution is -0.152. The predicted octanol–water partition coefficient (Wildman–Crippen LogP) is -1.22. The van der Waals surface area contributed by atoms with Crippen LogP contribution in [0.4, 0.5) is 0 Å². The largest absolute Gasteiger partial charge is 0.481 e. The zero-order valence-corrected chi connectivity index (χ0v) is 32.5. The number of imidazole rings is 1. The lowest BCUT2D eigenvalue weighted by atomic mass is 10.0. The molecule has 4 rings (SSSR count). The lowest BCUT2D eigenvalue weighted by Crippen LogP contribution is -2.58. The lowest BCUT2D eigenvalue weighted by Gasteiger charge is -2.32. The number of aromatic nitrogens is 2. The second-order valence-electron chi connectivity index (χ2n) is 14.0. The first kappa shape index (κ1) is 44.2. The van der Waals surface area contributed by atoms with Gasteiger partial charge in [0, 0.05) is 44.2 Å². The predicted molar refractivity (Wildman–Crippen MR) is 206 cm³/mol. The zero-order valence-electron chi connectivity index (χ0n) is 31.7. The van der Waals surface area contributed by atoms with Gasteiger partial charge in [0.05, 0.1) is 18.9 Å². The summed E-state index contributed by atoms with van der Waals surface area (Å²) in [6, 6.07) is 2.20. The number of aliphatic carboxylic acids is 2. The van der Waals surface area contributed by atoms with E-state index < -0.39 is 96.6 Å². The Kier molecular flexibility index (Phi) is 16.8. The Labute approximate surface area is 333 Å². The van der Waals surface area contributed by atoms with Crippen LogP contribution < -0.4 is 27.0 Å². The fraction of sp³-hybridized carbons (Fsp3) is 0.541. The van der Waals surface area contributed by atoms with Gasteiger partial charge >= 0.3 is 11.9 Å². The third kappa shape index (κ3) is 13.0. The summed E-state index contributed by atoms with van der Waals surface area (Å²) in [5.74, 6) is -5.84. The van der Waals surface area contributed by atoms with Gasteiger partial charge in [0.15, 0.2) is 0 Å². The van der Waals surface area contributed by atoms with E-state index in [2.05, 4.69) is 31.2 Å². The van der Waals surface area contributed by atoms with Crippen LogP contribution in [0.2, 0.25) is 0 Å². The molecule has 2 aliphatic heterocycles. The Hall–Kier alpha value is -5.50. The summed E-state index contributed by atoms with van der Waals surface area (Å²) in [4.78, 5) is 114. The number of nitrogens with one attached hydrogen (secondary N) is 5. The first-order valence-electron chi connectivity index (χ1n) is 18.8. The summed E-state index contributed by atoms with van der Waals surface area (Å²) in [5, 5.41) is 29.2. The van der Waals surface area contributed by atoms with Crippen molar-refractivity contribution >= 4 is 59.1 Å². The number of carbonyl (C=O) groups excluding carboxylic acids is 6. The number of carboxylic acid groups (broad SMARTS) is 2. The third-order valence-electron chi connectivity index (χ3n) is 9.84. The van der Waals surface area contributed by atoms with Crippen LogP contribution in [0.5, 0.6) is 0 Å². The number of nitrogens with zero attached hydrogens (tertiary/aromatic N) is 3. The molecule has 9 N–H and O–H groups in total. The number of amides is 6. The van der Waals surface area contributed by atoms with Crippen molar-refractivity contribution in [2.75, 3.05) is 31.6 Å². The normalized spacial score (nSPS) is 18.5. The van der Waals surface area contributed by atoms with Crippen molar-refractivity contribution < 1.29 is 48.6 Å². The van der Waals surface area contributed by atoms with Gasteiger partial charge < -0.3 is 52.0 Å². The molecule has 2 fully saturated rings. The minimum Gasteiger partial charge on any atom is -0.481 e. The van der Waals surface area contributed by atoms with Crippen molar-refractivity contribution in [3.05, 3.63) is 54.1 Å². The standard InChI is InChI=1S/C37H51N9O10S/c1-57-16-13-24(38)32(50)44-26(18-23-19-39-21-41-23)34(52)43-25(11-12-31(48)49)33(51)40-20-30(47)42-27(17-22-7-3-2-4-8-22)35(53)45-14-5-9-28(45)36(54)46-15-6-10-29(46)37(55)56/h2-4,7-8,19,21,24-29H,5-6,9-18,20,38H2,1H3,(H,39,41)(H,40,51)(H,42,47)(H,43,52)(H,44,50)(H,48,49)(H,55,56)/t24-,25-,26-,27-,28-,29-/m0/s1. The minimum absolute atomic E-state index is 0.0416. The summed E-state index contributed by atoms with van der Waals surface area (Å²) < 4.78 is 0. The van der Waals surface area contributed by atoms with Crippen molar-refractivity contribution in [3.8, 4) is 0 Å². The van der Waals surface area contributed by atoms with E-state index in [0.29, 0.717) is 49.1 Å². The Morgan fingerprint density at radius 2 is 1.54 bits per heavy atom. The Morgan fingerprint density at radius 1 is 0.860 bits per heavy atom. The van der Waals surface area contributed by atoms with Gasteiger partial charge in [-0.2, -0.15) is 11.8 Å². The Balaban J connectivity index is 1.45. The number of hydrogen-bond acceptors (Lipinski definition) is 11. The second-order valence-corrected chi connectivity index (χ2v) is 15.0. The van der Waals surface area contributed by atoms with Gasteiger partial charge in [-0.25, -0.2) is 9.78 Å². The van der Waals surface area contributed by atoms with Crippen molar-refractivity contribution in [1.82, 2.24) is 41.0 Å². The first-order valence-corrected chi connectivity index (χ1v) is 20.2. The molecule has 310 valence electrons. The van der Waals surface area contributed by atoms with Gasteiger partial charge in [-0.05, 0) is 56.1 Å². The fourth-order valence-corrected chi connectivity index (χ4v) is 7.33. The molecule has 0 saturated carbocycles. The molecule has 2 aromatic rings. The molecule has 57 heavy (non-hydrogen) atoms. The maximum absolute atomic E-state index is 14.1. The van der Waals surface area contributed by atoms with Gasteiger partial charge in [0.1, 0.15) is 30.2 Å². The smallest absolute Gasteiger partial charge is 0.326 e. The van der Waals surface area contributed by atoms with Crippen LogP contribution >= 0.6 is 11.8 Å². The highest BCUT2D eigenvalue weighted by Crippen LogP contribution is 2.26. The van der Waals surface area contributed by atoms with Crippen LogP contribution in [0.1, 0.15) is 56.2 Å². The summed E-state index contributed by atoms with van der Waals surface area (Å²) in [6.07, 6.45) is 5.82. The number of carboxylic acids is 2. The Bertz CT molecular complexity index is 1730. The van der Waals surface area contributed by atoms with E-state index in [1.807, 2.05) is 6.26 Å². The maximum atomic E-state index is 14.1. The summed E-state index contributed by atoms with van der Waals surface area (Å²) in [5.41, 5.74) is 7.20. The van der Waals surface area contributed by atoms with Gasteiger partial charge in [0.25, 0.3) is 0 Å². The minimum atomic E-state index is -1.44. The number of rotatable bonds is 21. The molecule has 2 saturated heterocycles. The van der Waals surface area contributed by atoms with Gasteiger partial charge in [-0.15, -0.1) is 0 Å². The van der Waals surface area contributed by atoms with Crippen LogP contribution in [0.15, 0.2) is 42.9 Å². The molecular weight excluding hydrogens is 763 g/mol. The number of thioether (sulfide) groups is 1. The van der Waals surface area contributed by atoms with Crippen LogP contribution in [-0.4, -0.2) is 145 Å². The van der Waals surface area contributed by atoms with Crippen molar-refractivity contribution in [1.29, 1.82) is 0 Å². The highest BCUT2D eigenvalue weighted by molar-refractivity contribution is 7.98. The maximum Gasteiger partial charge on any atom is 0.326 e. The molecule has 19 nitrogen and oxygen atoms in total. The molecule has 0 unspecified atom stereocenters. The highest BCUT2D eigenvalue weighted by Gasteiger charge is 2.43. The summed E-state index contributed by atoms with van der Waals surface area (Å²) >= 11 is 1.50. The zero-order chi connectivity index (χ0) is 41.5. The van der Waals surface area contributed by atoms with Crippen LogP contribution in [-0.2, 0) is 51.2 Å². The number of benzene rings is 1. The van der Waals surface area contributed by atoms with Crippen molar-refractivity contribution in [3.63, 3.8) is 0 Å². The van der Waals surface area contributed by atoms with Gasteiger partial charge in [0.2, 0.25) is 35.4 Å². The number of carbonyl (C=O) groups is 8. The van der Waals surface area contributed by atoms with Crippen LogP contribution in [0, 0.1) is 0 Å². The number of hydrogen-bond donors (Lipinski definition) is 8. The molecule has 1 aromatic heterocycles. The molecule has 6 atom stereocenters. The topological polar surface area (TPSA) is 286 Å². The molecule has 20 heteroatoms. The summed E-state index contributed by atoms with van der Waals surface area (Å²) in [7, 11) is 0. The average Bonchev–Trinajstić information content (AvgIpc) is 4.00. The number of H-pyrrole nitrogens is 1. The second kappa shape index (κ2) is 21.7. The number of nitrogens with two attached hydrogens (primary N) is 1. The SMILES string of the molecule is CSCC[C@H](N)C(=O)N[C@@H](Cc1cnc[nH]1)C(=O)N[C@@H](CCC(=O)O)C(=O)NCC(=O)N[C@@H](Cc1ccccc1)C(=O)N1CCC[C@H]1C(=O)N1CCC[C@H]1C(=O)O. The molecular formula is C37H51N9O10S. The molecule has 0 bridgehead atoms. The van der Waals surface area contributed by atoms with Crippen molar-refractivity contribution in [2.45, 2.75) is 94.0 Å². The van der Waals surface area contributed by atoms with E-state index in [4.69, 9.17) is 5.73 Å². The molecule has 0 aliphatic carbocycles. The quantitative estimate of drug-likeness (QED) is 0.0735. The van der Waals surface area contributed by atoms with E-state index in [0.717, 1.165) is 0 Å². The Morgan fingerprint density at radius 3 is 2.19 bits per heavy atom. The molecule has 6 amide bonds. The fourth-order valence-electron chi connectivity index (χ4n) is 6.84. The van der Waals surface area contributed by atoms with Gasteiger partial charge in [-0.3, -0.25) is 33.6 Å². The monoisotopic (exact) mass is 813 g/mol. The summed E-state index contributed by atoms with van der Waals surface area (Å²) in [6.45, 7) is -0.181.